The van der Waals surface area contributed by atoms with E-state index in [9.17, 15) is 0 Å². The Labute approximate surface area is 137 Å². The van der Waals surface area contributed by atoms with E-state index in [1.54, 1.807) is 11.1 Å². The molecular formula is C22H34. The second-order valence-corrected chi connectivity index (χ2v) is 7.92. The molecule has 0 heterocycles. The predicted octanol–water partition coefficient (Wildman–Crippen LogP) is 7.05. The summed E-state index contributed by atoms with van der Waals surface area (Å²) in [5, 5.41) is 0. The fraction of sp³-hybridized carbons (Fsp3) is 0.727. The highest BCUT2D eigenvalue weighted by atomic mass is 14.3. The quantitative estimate of drug-likeness (QED) is 0.558. The smallest absolute Gasteiger partial charge is 0.0162 e. The van der Waals surface area contributed by atoms with Gasteiger partial charge in [0.15, 0.2) is 0 Å². The van der Waals surface area contributed by atoms with Gasteiger partial charge in [-0.15, -0.1) is 0 Å². The average Bonchev–Trinajstić information content (AvgIpc) is 2.62. The van der Waals surface area contributed by atoms with Gasteiger partial charge in [0.2, 0.25) is 0 Å². The predicted molar refractivity (Wildman–Crippen MR) is 96.4 cm³/mol. The lowest BCUT2D eigenvalue weighted by Crippen LogP contribution is -2.14. The molecule has 2 fully saturated rings. The molecule has 0 aromatic heterocycles. The van der Waals surface area contributed by atoms with E-state index in [4.69, 9.17) is 0 Å². The Balaban J connectivity index is 1.57. The van der Waals surface area contributed by atoms with Crippen molar-refractivity contribution >= 4 is 0 Å². The van der Waals surface area contributed by atoms with Crippen LogP contribution in [0.15, 0.2) is 24.3 Å². The Hall–Kier alpha value is -0.780. The van der Waals surface area contributed by atoms with Gasteiger partial charge in [-0.25, -0.2) is 0 Å². The van der Waals surface area contributed by atoms with Crippen LogP contribution in [0.4, 0.5) is 0 Å². The van der Waals surface area contributed by atoms with Crippen LogP contribution in [-0.4, -0.2) is 0 Å². The van der Waals surface area contributed by atoms with Crippen LogP contribution in [0.2, 0.25) is 0 Å². The lowest BCUT2D eigenvalue weighted by Gasteiger charge is -2.30. The molecule has 1 aromatic rings. The van der Waals surface area contributed by atoms with Crippen LogP contribution in [0, 0.1) is 11.8 Å². The van der Waals surface area contributed by atoms with Gasteiger partial charge in [0.05, 0.1) is 0 Å². The molecule has 0 amide bonds. The van der Waals surface area contributed by atoms with Gasteiger partial charge in [-0.05, 0) is 86.2 Å². The van der Waals surface area contributed by atoms with Crippen molar-refractivity contribution < 1.29 is 0 Å². The van der Waals surface area contributed by atoms with Gasteiger partial charge in [-0.3, -0.25) is 0 Å². The Morgan fingerprint density at radius 3 is 1.18 bits per heavy atom. The third-order valence-corrected chi connectivity index (χ3v) is 6.73. The molecule has 2 aliphatic carbocycles. The molecule has 0 spiro atoms. The molecule has 0 nitrogen and oxygen atoms in total. The SMILES string of the molecule is CC[C@H]1CC[C@H](c2ccc([C@H]3CC[C@H](CC)CC3)cc2)CC1. The van der Waals surface area contributed by atoms with E-state index in [0.717, 1.165) is 23.7 Å². The molecule has 122 valence electrons. The molecule has 0 unspecified atom stereocenters. The number of hydrogen-bond acceptors (Lipinski definition) is 0. The highest BCUT2D eigenvalue weighted by Gasteiger charge is 2.23. The standard InChI is InChI=1S/C22H34/c1-3-17-5-9-19(10-6-17)21-13-15-22(16-14-21)20-11-7-18(4-2)8-12-20/h13-20H,3-12H2,1-2H3/t17-,18-,19-,20-. The molecular weight excluding hydrogens is 264 g/mol. The molecule has 1 aromatic carbocycles. The van der Waals surface area contributed by atoms with E-state index >= 15 is 0 Å². The molecule has 2 aliphatic rings. The van der Waals surface area contributed by atoms with Crippen molar-refractivity contribution in [2.75, 3.05) is 0 Å². The minimum Gasteiger partial charge on any atom is -0.0651 e. The second kappa shape index (κ2) is 7.66. The maximum Gasteiger partial charge on any atom is -0.0162 e. The van der Waals surface area contributed by atoms with Crippen LogP contribution in [0.1, 0.15) is 101 Å². The van der Waals surface area contributed by atoms with Crippen LogP contribution in [0.5, 0.6) is 0 Å². The highest BCUT2D eigenvalue weighted by Crippen LogP contribution is 2.39. The number of hydrogen-bond donors (Lipinski definition) is 0. The normalized spacial score (nSPS) is 32.8. The monoisotopic (exact) mass is 298 g/mol. The first-order valence-corrected chi connectivity index (χ1v) is 9.90. The summed E-state index contributed by atoms with van der Waals surface area (Å²) in [5.41, 5.74) is 3.22. The van der Waals surface area contributed by atoms with Crippen molar-refractivity contribution in [3.63, 3.8) is 0 Å². The maximum atomic E-state index is 2.46. The van der Waals surface area contributed by atoms with Gasteiger partial charge in [-0.2, -0.15) is 0 Å². The van der Waals surface area contributed by atoms with Crippen molar-refractivity contribution in [2.45, 2.75) is 89.9 Å². The van der Waals surface area contributed by atoms with Crippen LogP contribution in [-0.2, 0) is 0 Å². The zero-order valence-electron chi connectivity index (χ0n) is 14.7. The van der Waals surface area contributed by atoms with E-state index < -0.39 is 0 Å². The molecule has 0 bridgehead atoms. The second-order valence-electron chi connectivity index (χ2n) is 7.92. The lowest BCUT2D eigenvalue weighted by molar-refractivity contribution is 0.316. The van der Waals surface area contributed by atoms with Gasteiger partial charge < -0.3 is 0 Å². The van der Waals surface area contributed by atoms with E-state index in [-0.39, 0.29) is 0 Å². The van der Waals surface area contributed by atoms with E-state index in [1.807, 2.05) is 0 Å². The molecule has 0 radical (unpaired) electrons. The molecule has 0 saturated heterocycles. The average molecular weight is 299 g/mol. The summed E-state index contributed by atoms with van der Waals surface area (Å²) in [6.07, 6.45) is 14.2. The fourth-order valence-electron chi connectivity index (χ4n) is 4.85. The fourth-order valence-corrected chi connectivity index (χ4v) is 4.85. The van der Waals surface area contributed by atoms with E-state index in [2.05, 4.69) is 38.1 Å². The van der Waals surface area contributed by atoms with Crippen LogP contribution < -0.4 is 0 Å². The zero-order chi connectivity index (χ0) is 15.4. The van der Waals surface area contributed by atoms with Gasteiger partial charge in [-0.1, -0.05) is 51.0 Å². The van der Waals surface area contributed by atoms with Gasteiger partial charge >= 0.3 is 0 Å². The third-order valence-electron chi connectivity index (χ3n) is 6.73. The molecule has 2 saturated carbocycles. The summed E-state index contributed by atoms with van der Waals surface area (Å²) in [7, 11) is 0. The van der Waals surface area contributed by atoms with Crippen molar-refractivity contribution in [1.29, 1.82) is 0 Å². The molecule has 22 heavy (non-hydrogen) atoms. The van der Waals surface area contributed by atoms with Gasteiger partial charge in [0.1, 0.15) is 0 Å². The summed E-state index contributed by atoms with van der Waals surface area (Å²) < 4.78 is 0. The van der Waals surface area contributed by atoms with Crippen molar-refractivity contribution in [3.8, 4) is 0 Å². The zero-order valence-corrected chi connectivity index (χ0v) is 14.7. The Morgan fingerprint density at radius 2 is 0.909 bits per heavy atom. The number of rotatable bonds is 4. The summed E-state index contributed by atoms with van der Waals surface area (Å²) in [4.78, 5) is 0. The first kappa shape index (κ1) is 16.1. The third kappa shape index (κ3) is 3.76. The van der Waals surface area contributed by atoms with Gasteiger partial charge in [0, 0.05) is 0 Å². The molecule has 3 rings (SSSR count). The molecule has 0 N–H and O–H groups in total. The minimum absolute atomic E-state index is 0.840. The molecule has 0 aliphatic heterocycles. The first-order valence-electron chi connectivity index (χ1n) is 9.90. The summed E-state index contributed by atoms with van der Waals surface area (Å²) in [6, 6.07) is 9.83. The van der Waals surface area contributed by atoms with Crippen molar-refractivity contribution in [3.05, 3.63) is 35.4 Å². The highest BCUT2D eigenvalue weighted by molar-refractivity contribution is 5.28. The topological polar surface area (TPSA) is 0 Å². The van der Waals surface area contributed by atoms with Crippen LogP contribution in [0.3, 0.4) is 0 Å². The maximum absolute atomic E-state index is 2.46. The summed E-state index contributed by atoms with van der Waals surface area (Å²) in [6.45, 7) is 4.71. The van der Waals surface area contributed by atoms with E-state index in [1.165, 1.54) is 64.2 Å². The van der Waals surface area contributed by atoms with Crippen molar-refractivity contribution in [1.82, 2.24) is 0 Å². The first-order chi connectivity index (χ1) is 10.8. The van der Waals surface area contributed by atoms with Crippen molar-refractivity contribution in [2.24, 2.45) is 11.8 Å². The Kier molecular flexibility index (Phi) is 5.61. The van der Waals surface area contributed by atoms with E-state index in [0.29, 0.717) is 0 Å². The Morgan fingerprint density at radius 1 is 0.591 bits per heavy atom. The van der Waals surface area contributed by atoms with Gasteiger partial charge in [0.25, 0.3) is 0 Å². The summed E-state index contributed by atoms with van der Waals surface area (Å²) in [5.74, 6) is 3.69. The lowest BCUT2D eigenvalue weighted by atomic mass is 9.76. The Bertz CT molecular complexity index is 385. The summed E-state index contributed by atoms with van der Waals surface area (Å²) >= 11 is 0. The molecule has 0 atom stereocenters. The number of benzene rings is 1. The minimum atomic E-state index is 0.840. The largest absolute Gasteiger partial charge is 0.0651 e. The molecule has 0 heteroatoms. The van der Waals surface area contributed by atoms with Crippen LogP contribution >= 0.6 is 0 Å². The van der Waals surface area contributed by atoms with Crippen LogP contribution in [0.25, 0.3) is 0 Å².